The summed E-state index contributed by atoms with van der Waals surface area (Å²) in [4.78, 5) is 0. The van der Waals surface area contributed by atoms with Crippen molar-refractivity contribution in [3.8, 4) is 5.75 Å². The first-order chi connectivity index (χ1) is 9.02. The molecule has 0 saturated carbocycles. The molecule has 2 unspecified atom stereocenters. The molecule has 0 aliphatic heterocycles. The Bertz CT molecular complexity index is 562. The lowest BCUT2D eigenvalue weighted by molar-refractivity contribution is 0.415. The second kappa shape index (κ2) is 5.83. The molecule has 0 N–H and O–H groups in total. The Morgan fingerprint density at radius 3 is 2.21 bits per heavy atom. The SMILES string of the molecule is COc1ccc2cc(C(C)C(Cl)C(C)C)ccc2c1. The minimum Gasteiger partial charge on any atom is -0.497 e. The highest BCUT2D eigenvalue weighted by molar-refractivity contribution is 6.21. The molecule has 0 bridgehead atoms. The van der Waals surface area contributed by atoms with Gasteiger partial charge in [0.2, 0.25) is 0 Å². The zero-order valence-corrected chi connectivity index (χ0v) is 12.7. The molecule has 2 heteroatoms. The van der Waals surface area contributed by atoms with Gasteiger partial charge in [0.25, 0.3) is 0 Å². The van der Waals surface area contributed by atoms with Crippen molar-refractivity contribution in [1.82, 2.24) is 0 Å². The van der Waals surface area contributed by atoms with Gasteiger partial charge in [-0.15, -0.1) is 11.6 Å². The molecule has 102 valence electrons. The van der Waals surface area contributed by atoms with Gasteiger partial charge in [0.15, 0.2) is 0 Å². The number of halogens is 1. The summed E-state index contributed by atoms with van der Waals surface area (Å²) >= 11 is 6.48. The largest absolute Gasteiger partial charge is 0.497 e. The highest BCUT2D eigenvalue weighted by Crippen LogP contribution is 2.31. The number of hydrogen-bond donors (Lipinski definition) is 0. The van der Waals surface area contributed by atoms with Crippen LogP contribution < -0.4 is 4.74 Å². The van der Waals surface area contributed by atoms with Crippen LogP contribution in [0.2, 0.25) is 0 Å². The average molecular weight is 277 g/mol. The number of benzene rings is 2. The Morgan fingerprint density at radius 1 is 0.947 bits per heavy atom. The van der Waals surface area contributed by atoms with Gasteiger partial charge in [-0.25, -0.2) is 0 Å². The van der Waals surface area contributed by atoms with Crippen molar-refractivity contribution in [1.29, 1.82) is 0 Å². The highest BCUT2D eigenvalue weighted by atomic mass is 35.5. The summed E-state index contributed by atoms with van der Waals surface area (Å²) in [5, 5.41) is 2.60. The molecule has 19 heavy (non-hydrogen) atoms. The number of alkyl halides is 1. The molecular weight excluding hydrogens is 256 g/mol. The van der Waals surface area contributed by atoms with Gasteiger partial charge in [0.1, 0.15) is 5.75 Å². The van der Waals surface area contributed by atoms with E-state index in [1.807, 2.05) is 6.07 Å². The smallest absolute Gasteiger partial charge is 0.119 e. The third-order valence-corrected chi connectivity index (χ3v) is 4.59. The van der Waals surface area contributed by atoms with Gasteiger partial charge in [0.05, 0.1) is 7.11 Å². The Morgan fingerprint density at radius 2 is 1.58 bits per heavy atom. The molecule has 0 amide bonds. The van der Waals surface area contributed by atoms with E-state index < -0.39 is 0 Å². The van der Waals surface area contributed by atoms with Crippen molar-refractivity contribution in [3.63, 3.8) is 0 Å². The summed E-state index contributed by atoms with van der Waals surface area (Å²) in [6, 6.07) is 12.7. The Hall–Kier alpha value is -1.21. The predicted molar refractivity (Wildman–Crippen MR) is 83.4 cm³/mol. The van der Waals surface area contributed by atoms with Crippen LogP contribution in [-0.4, -0.2) is 12.5 Å². The second-order valence-corrected chi connectivity index (χ2v) is 5.95. The average Bonchev–Trinajstić information content (AvgIpc) is 2.44. The summed E-state index contributed by atoms with van der Waals surface area (Å²) in [6.45, 7) is 6.53. The van der Waals surface area contributed by atoms with Crippen LogP contribution in [0.25, 0.3) is 10.8 Å². The predicted octanol–water partition coefficient (Wildman–Crippen LogP) is 5.22. The van der Waals surface area contributed by atoms with Crippen molar-refractivity contribution in [3.05, 3.63) is 42.0 Å². The van der Waals surface area contributed by atoms with Gasteiger partial charge in [-0.3, -0.25) is 0 Å². The van der Waals surface area contributed by atoms with Crippen LogP contribution >= 0.6 is 11.6 Å². The Labute approximate surface area is 120 Å². The monoisotopic (exact) mass is 276 g/mol. The maximum atomic E-state index is 6.48. The molecule has 1 nitrogen and oxygen atoms in total. The van der Waals surface area contributed by atoms with Gasteiger partial charge >= 0.3 is 0 Å². The highest BCUT2D eigenvalue weighted by Gasteiger charge is 2.19. The molecule has 0 aliphatic rings. The van der Waals surface area contributed by atoms with Crippen LogP contribution in [0.4, 0.5) is 0 Å². The van der Waals surface area contributed by atoms with Gasteiger partial charge < -0.3 is 4.74 Å². The minimum absolute atomic E-state index is 0.163. The van der Waals surface area contributed by atoms with E-state index in [0.29, 0.717) is 11.8 Å². The second-order valence-electron chi connectivity index (χ2n) is 5.45. The topological polar surface area (TPSA) is 9.23 Å². The fourth-order valence-electron chi connectivity index (χ4n) is 2.41. The molecule has 0 fully saturated rings. The maximum Gasteiger partial charge on any atom is 0.119 e. The van der Waals surface area contributed by atoms with Crippen molar-refractivity contribution in [2.45, 2.75) is 32.1 Å². The van der Waals surface area contributed by atoms with E-state index in [9.17, 15) is 0 Å². The lowest BCUT2D eigenvalue weighted by atomic mass is 9.90. The van der Waals surface area contributed by atoms with Crippen LogP contribution in [0.3, 0.4) is 0 Å². The van der Waals surface area contributed by atoms with E-state index in [-0.39, 0.29) is 5.38 Å². The fraction of sp³-hybridized carbons (Fsp3) is 0.412. The van der Waals surface area contributed by atoms with Gasteiger partial charge in [0, 0.05) is 5.38 Å². The number of fused-ring (bicyclic) bond motifs is 1. The van der Waals surface area contributed by atoms with Crippen molar-refractivity contribution in [2.24, 2.45) is 5.92 Å². The number of methoxy groups -OCH3 is 1. The normalized spacial score (nSPS) is 14.6. The van der Waals surface area contributed by atoms with Crippen LogP contribution in [0, 0.1) is 5.92 Å². The van der Waals surface area contributed by atoms with Crippen molar-refractivity contribution < 1.29 is 4.74 Å². The van der Waals surface area contributed by atoms with E-state index >= 15 is 0 Å². The summed E-state index contributed by atoms with van der Waals surface area (Å²) < 4.78 is 5.25. The standard InChI is InChI=1S/C17H21ClO/c1-11(2)17(18)12(3)13-5-6-15-10-16(19-4)8-7-14(15)9-13/h5-12,17H,1-4H3. The quantitative estimate of drug-likeness (QED) is 0.696. The van der Waals surface area contributed by atoms with E-state index in [1.165, 1.54) is 16.3 Å². The lowest BCUT2D eigenvalue weighted by Crippen LogP contribution is -2.16. The summed E-state index contributed by atoms with van der Waals surface area (Å²) in [6.07, 6.45) is 0. The molecule has 0 radical (unpaired) electrons. The van der Waals surface area contributed by atoms with Crippen molar-refractivity contribution >= 4 is 22.4 Å². The molecule has 2 aromatic rings. The molecule has 0 spiro atoms. The van der Waals surface area contributed by atoms with Gasteiger partial charge in [-0.2, -0.15) is 0 Å². The van der Waals surface area contributed by atoms with E-state index in [4.69, 9.17) is 16.3 Å². The number of hydrogen-bond acceptors (Lipinski definition) is 1. The molecule has 0 aliphatic carbocycles. The first-order valence-electron chi connectivity index (χ1n) is 6.74. The van der Waals surface area contributed by atoms with Gasteiger partial charge in [-0.1, -0.05) is 45.0 Å². The Kier molecular flexibility index (Phi) is 4.36. The van der Waals surface area contributed by atoms with Crippen LogP contribution in [0.5, 0.6) is 5.75 Å². The first kappa shape index (κ1) is 14.2. The van der Waals surface area contributed by atoms with Crippen LogP contribution in [-0.2, 0) is 0 Å². The summed E-state index contributed by atoms with van der Waals surface area (Å²) in [7, 11) is 1.69. The Balaban J connectivity index is 2.36. The fourth-order valence-corrected chi connectivity index (χ4v) is 2.56. The molecule has 0 aromatic heterocycles. The molecular formula is C17H21ClO. The number of rotatable bonds is 4. The third-order valence-electron chi connectivity index (χ3n) is 3.71. The number of ether oxygens (including phenoxy) is 1. The van der Waals surface area contributed by atoms with Gasteiger partial charge in [-0.05, 0) is 40.3 Å². The summed E-state index contributed by atoms with van der Waals surface area (Å²) in [5.41, 5.74) is 1.30. The van der Waals surface area contributed by atoms with E-state index in [1.54, 1.807) is 7.11 Å². The maximum absolute atomic E-state index is 6.48. The zero-order chi connectivity index (χ0) is 14.0. The zero-order valence-electron chi connectivity index (χ0n) is 12.0. The molecule has 2 atom stereocenters. The van der Waals surface area contributed by atoms with E-state index in [2.05, 4.69) is 51.1 Å². The van der Waals surface area contributed by atoms with E-state index in [0.717, 1.165) is 5.75 Å². The van der Waals surface area contributed by atoms with Crippen LogP contribution in [0.15, 0.2) is 36.4 Å². The lowest BCUT2D eigenvalue weighted by Gasteiger charge is -2.22. The first-order valence-corrected chi connectivity index (χ1v) is 7.18. The minimum atomic E-state index is 0.163. The molecule has 0 saturated heterocycles. The molecule has 2 rings (SSSR count). The summed E-state index contributed by atoms with van der Waals surface area (Å²) in [5.74, 6) is 1.72. The third kappa shape index (κ3) is 3.03. The van der Waals surface area contributed by atoms with Crippen molar-refractivity contribution in [2.75, 3.05) is 7.11 Å². The van der Waals surface area contributed by atoms with Crippen LogP contribution in [0.1, 0.15) is 32.3 Å². The molecule has 0 heterocycles. The molecule has 2 aromatic carbocycles.